The van der Waals surface area contributed by atoms with Gasteiger partial charge in [-0.05, 0) is 41.2 Å². The van der Waals surface area contributed by atoms with Crippen molar-refractivity contribution in [2.24, 2.45) is 0 Å². The van der Waals surface area contributed by atoms with Crippen molar-refractivity contribution in [2.45, 2.75) is 45.8 Å². The second-order valence-corrected chi connectivity index (χ2v) is 3.60. The molecule has 11 heavy (non-hydrogen) atoms. The lowest BCUT2D eigenvalue weighted by molar-refractivity contribution is 0.0530. The monoisotopic (exact) mass is 159 g/mol. The van der Waals surface area contributed by atoms with Gasteiger partial charge in [0.15, 0.2) is 0 Å². The highest BCUT2D eigenvalue weighted by Gasteiger charge is 2.18. The molecular weight excluding hydrogens is 138 g/mol. The lowest BCUT2D eigenvalue weighted by atomic mass is 9.98. The van der Waals surface area contributed by atoms with Crippen LogP contribution in [0, 0.1) is 0 Å². The number of ether oxygens (including phenoxy) is 1. The molecule has 0 aliphatic heterocycles. The Bertz CT molecular complexity index is 102. The summed E-state index contributed by atoms with van der Waals surface area (Å²) in [6.45, 7) is 9.32. The highest BCUT2D eigenvalue weighted by Crippen LogP contribution is 2.12. The van der Waals surface area contributed by atoms with Crippen molar-refractivity contribution in [3.63, 3.8) is 0 Å². The zero-order valence-electron chi connectivity index (χ0n) is 8.40. The number of nitrogens with one attached hydrogen (secondary N) is 1. The molecule has 0 aromatic rings. The van der Waals surface area contributed by atoms with Gasteiger partial charge in [0.25, 0.3) is 0 Å². The Morgan fingerprint density at radius 1 is 1.45 bits per heavy atom. The van der Waals surface area contributed by atoms with E-state index in [1.54, 1.807) is 0 Å². The van der Waals surface area contributed by atoms with Crippen LogP contribution in [0.2, 0.25) is 0 Å². The molecule has 0 aliphatic carbocycles. The summed E-state index contributed by atoms with van der Waals surface area (Å²) in [4.78, 5) is 0. The molecule has 1 unspecified atom stereocenters. The molecule has 1 atom stereocenters. The van der Waals surface area contributed by atoms with Crippen LogP contribution in [0.15, 0.2) is 0 Å². The molecule has 0 aliphatic rings. The third kappa shape index (κ3) is 5.22. The molecule has 1 N–H and O–H groups in total. The predicted molar refractivity (Wildman–Crippen MR) is 48.8 cm³/mol. The minimum absolute atomic E-state index is 0.189. The van der Waals surface area contributed by atoms with Gasteiger partial charge in [-0.1, -0.05) is 0 Å². The summed E-state index contributed by atoms with van der Waals surface area (Å²) >= 11 is 0. The van der Waals surface area contributed by atoms with Crippen LogP contribution in [0.25, 0.3) is 0 Å². The molecule has 0 fully saturated rings. The van der Waals surface area contributed by atoms with E-state index >= 15 is 0 Å². The van der Waals surface area contributed by atoms with Gasteiger partial charge >= 0.3 is 0 Å². The maximum Gasteiger partial charge on any atom is 0.0564 e. The van der Waals surface area contributed by atoms with E-state index in [0.29, 0.717) is 6.10 Å². The zero-order chi connectivity index (χ0) is 8.91. The molecule has 0 saturated carbocycles. The van der Waals surface area contributed by atoms with Gasteiger partial charge in [-0.3, -0.25) is 0 Å². The Hall–Kier alpha value is -0.0800. The van der Waals surface area contributed by atoms with E-state index in [0.717, 1.165) is 13.0 Å². The summed E-state index contributed by atoms with van der Waals surface area (Å²) < 4.78 is 5.44. The van der Waals surface area contributed by atoms with Crippen LogP contribution >= 0.6 is 0 Å². The lowest BCUT2D eigenvalue weighted by Crippen LogP contribution is -2.39. The molecule has 0 saturated heterocycles. The lowest BCUT2D eigenvalue weighted by Gasteiger charge is -2.27. The summed E-state index contributed by atoms with van der Waals surface area (Å²) in [6, 6.07) is 0. The second-order valence-electron chi connectivity index (χ2n) is 3.60. The van der Waals surface area contributed by atoms with Crippen molar-refractivity contribution in [1.82, 2.24) is 5.32 Å². The molecule has 0 heterocycles. The van der Waals surface area contributed by atoms with Crippen molar-refractivity contribution in [3.8, 4) is 0 Å². The standard InChI is InChI=1S/C9H21NO/c1-6-11-8(2)7-9(3,4)10-5/h8,10H,6-7H2,1-5H3. The molecule has 0 bridgehead atoms. The summed E-state index contributed by atoms with van der Waals surface area (Å²) in [6.07, 6.45) is 1.40. The fourth-order valence-electron chi connectivity index (χ4n) is 1.16. The van der Waals surface area contributed by atoms with E-state index in [1.165, 1.54) is 0 Å². The molecular formula is C9H21NO. The van der Waals surface area contributed by atoms with Gasteiger partial charge in [0.1, 0.15) is 0 Å². The first-order valence-electron chi connectivity index (χ1n) is 4.32. The van der Waals surface area contributed by atoms with Crippen LogP contribution < -0.4 is 5.32 Å². The van der Waals surface area contributed by atoms with Crippen LogP contribution in [0.1, 0.15) is 34.1 Å². The van der Waals surface area contributed by atoms with Gasteiger partial charge < -0.3 is 10.1 Å². The molecule has 2 heteroatoms. The van der Waals surface area contributed by atoms with Gasteiger partial charge in [0, 0.05) is 12.1 Å². The van der Waals surface area contributed by atoms with E-state index in [9.17, 15) is 0 Å². The van der Waals surface area contributed by atoms with Crippen molar-refractivity contribution >= 4 is 0 Å². The SMILES string of the molecule is CCOC(C)CC(C)(C)NC. The van der Waals surface area contributed by atoms with Gasteiger partial charge in [-0.2, -0.15) is 0 Å². The second kappa shape index (κ2) is 4.73. The Morgan fingerprint density at radius 2 is 2.00 bits per heavy atom. The average Bonchev–Trinajstić information content (AvgIpc) is 1.87. The van der Waals surface area contributed by atoms with Crippen molar-refractivity contribution in [3.05, 3.63) is 0 Å². The normalized spacial score (nSPS) is 15.0. The van der Waals surface area contributed by atoms with E-state index in [1.807, 2.05) is 14.0 Å². The van der Waals surface area contributed by atoms with E-state index in [-0.39, 0.29) is 5.54 Å². The smallest absolute Gasteiger partial charge is 0.0564 e. The quantitative estimate of drug-likeness (QED) is 0.660. The summed E-state index contributed by atoms with van der Waals surface area (Å²) in [7, 11) is 1.98. The number of hydrogen-bond acceptors (Lipinski definition) is 2. The summed E-state index contributed by atoms with van der Waals surface area (Å²) in [5.41, 5.74) is 0.189. The molecule has 0 rings (SSSR count). The maximum atomic E-state index is 5.44. The minimum atomic E-state index is 0.189. The highest BCUT2D eigenvalue weighted by molar-refractivity contribution is 4.77. The molecule has 0 aromatic heterocycles. The van der Waals surface area contributed by atoms with Gasteiger partial charge in [-0.15, -0.1) is 0 Å². The van der Waals surface area contributed by atoms with Crippen LogP contribution in [-0.2, 0) is 4.74 Å². The Balaban J connectivity index is 3.64. The first-order valence-corrected chi connectivity index (χ1v) is 4.32. The fourth-order valence-corrected chi connectivity index (χ4v) is 1.16. The average molecular weight is 159 g/mol. The van der Waals surface area contributed by atoms with Gasteiger partial charge in [0.05, 0.1) is 6.10 Å². The highest BCUT2D eigenvalue weighted by atomic mass is 16.5. The van der Waals surface area contributed by atoms with Crippen LogP contribution in [-0.4, -0.2) is 25.3 Å². The minimum Gasteiger partial charge on any atom is -0.379 e. The van der Waals surface area contributed by atoms with Gasteiger partial charge in [-0.25, -0.2) is 0 Å². The molecule has 0 spiro atoms. The summed E-state index contributed by atoms with van der Waals surface area (Å²) in [5, 5.41) is 3.25. The van der Waals surface area contributed by atoms with E-state index in [2.05, 4.69) is 26.1 Å². The first-order chi connectivity index (χ1) is 5.02. The Morgan fingerprint density at radius 3 is 2.36 bits per heavy atom. The topological polar surface area (TPSA) is 21.3 Å². The molecule has 0 aromatic carbocycles. The van der Waals surface area contributed by atoms with Crippen LogP contribution in [0.5, 0.6) is 0 Å². The largest absolute Gasteiger partial charge is 0.379 e. The molecule has 0 radical (unpaired) electrons. The number of hydrogen-bond donors (Lipinski definition) is 1. The fraction of sp³-hybridized carbons (Fsp3) is 1.00. The van der Waals surface area contributed by atoms with Crippen molar-refractivity contribution in [2.75, 3.05) is 13.7 Å². The van der Waals surface area contributed by atoms with Gasteiger partial charge in [0.2, 0.25) is 0 Å². The Kier molecular flexibility index (Phi) is 4.69. The summed E-state index contributed by atoms with van der Waals surface area (Å²) in [5.74, 6) is 0. The molecule has 2 nitrogen and oxygen atoms in total. The van der Waals surface area contributed by atoms with E-state index < -0.39 is 0 Å². The molecule has 0 amide bonds. The third-order valence-electron chi connectivity index (χ3n) is 1.93. The first kappa shape index (κ1) is 10.9. The van der Waals surface area contributed by atoms with Crippen molar-refractivity contribution < 1.29 is 4.74 Å². The van der Waals surface area contributed by atoms with Crippen LogP contribution in [0.4, 0.5) is 0 Å². The Labute approximate surface area is 70.3 Å². The zero-order valence-corrected chi connectivity index (χ0v) is 8.40. The third-order valence-corrected chi connectivity index (χ3v) is 1.93. The number of rotatable bonds is 5. The van der Waals surface area contributed by atoms with E-state index in [4.69, 9.17) is 4.74 Å². The molecule has 68 valence electrons. The van der Waals surface area contributed by atoms with Crippen LogP contribution in [0.3, 0.4) is 0 Å². The van der Waals surface area contributed by atoms with Crippen molar-refractivity contribution in [1.29, 1.82) is 0 Å². The predicted octanol–water partition coefficient (Wildman–Crippen LogP) is 1.80. The maximum absolute atomic E-state index is 5.44.